The van der Waals surface area contributed by atoms with E-state index in [1.807, 2.05) is 6.07 Å². The van der Waals surface area contributed by atoms with Crippen LogP contribution in [0.3, 0.4) is 0 Å². The zero-order chi connectivity index (χ0) is 21.7. The number of anilines is 1. The number of nitrogens with one attached hydrogen (secondary N) is 1. The van der Waals surface area contributed by atoms with E-state index in [0.29, 0.717) is 17.5 Å². The third kappa shape index (κ3) is 5.19. The van der Waals surface area contributed by atoms with Gasteiger partial charge in [-0.25, -0.2) is 0 Å². The summed E-state index contributed by atoms with van der Waals surface area (Å²) in [6.45, 7) is 4.09. The van der Waals surface area contributed by atoms with Gasteiger partial charge < -0.3 is 5.32 Å². The third-order valence-corrected chi connectivity index (χ3v) is 5.04. The van der Waals surface area contributed by atoms with E-state index in [4.69, 9.17) is 11.6 Å². The highest BCUT2D eigenvalue weighted by atomic mass is 35.5. The lowest BCUT2D eigenvalue weighted by Gasteiger charge is -2.14. The molecular weight excluding hydrogens is 439 g/mol. The minimum absolute atomic E-state index is 0.0739. The predicted molar refractivity (Wildman–Crippen MR) is 109 cm³/mol. The maximum Gasteiger partial charge on any atom is 0.418 e. The Labute approximate surface area is 179 Å². The van der Waals surface area contributed by atoms with Crippen molar-refractivity contribution >= 4 is 35.0 Å². The van der Waals surface area contributed by atoms with Gasteiger partial charge in [0.15, 0.2) is 11.0 Å². The lowest BCUT2D eigenvalue weighted by molar-refractivity contribution is -0.137. The zero-order valence-electron chi connectivity index (χ0n) is 15.4. The molecule has 3 rings (SSSR count). The third-order valence-electron chi connectivity index (χ3n) is 3.84. The average Bonchev–Trinajstić information content (AvgIpc) is 3.10. The lowest BCUT2D eigenvalue weighted by Crippen LogP contribution is -2.18. The van der Waals surface area contributed by atoms with E-state index in [0.717, 1.165) is 29.5 Å². The largest absolute Gasteiger partial charge is 0.418 e. The van der Waals surface area contributed by atoms with Crippen LogP contribution in [0.2, 0.25) is 5.02 Å². The Balaban J connectivity index is 1.75. The van der Waals surface area contributed by atoms with E-state index < -0.39 is 17.6 Å². The topological polar surface area (TPSA) is 72.7 Å². The van der Waals surface area contributed by atoms with Gasteiger partial charge in [0.2, 0.25) is 5.91 Å². The summed E-state index contributed by atoms with van der Waals surface area (Å²) >= 11 is 6.70. The summed E-state index contributed by atoms with van der Waals surface area (Å²) < 4.78 is 41.3. The van der Waals surface area contributed by atoms with Crippen LogP contribution in [0.15, 0.2) is 60.5 Å². The van der Waals surface area contributed by atoms with Gasteiger partial charge >= 0.3 is 6.18 Å². The smallest absolute Gasteiger partial charge is 0.325 e. The first kappa shape index (κ1) is 21.8. The average molecular weight is 454 g/mol. The van der Waals surface area contributed by atoms with E-state index >= 15 is 0 Å². The van der Waals surface area contributed by atoms with Crippen LogP contribution in [-0.2, 0) is 17.5 Å². The highest BCUT2D eigenvalue weighted by Crippen LogP contribution is 2.36. The van der Waals surface area contributed by atoms with Crippen LogP contribution in [-0.4, -0.2) is 31.4 Å². The van der Waals surface area contributed by atoms with Crippen LogP contribution < -0.4 is 5.32 Å². The minimum atomic E-state index is -4.65. The second-order valence-corrected chi connectivity index (χ2v) is 7.35. The molecule has 0 atom stereocenters. The maximum atomic E-state index is 13.2. The fraction of sp³-hybridized carbons (Fsp3) is 0.158. The number of carbonyl (C=O) groups excluding carboxylic acids is 1. The monoisotopic (exact) mass is 453 g/mol. The molecule has 2 heterocycles. The van der Waals surface area contributed by atoms with Gasteiger partial charge in [-0.1, -0.05) is 29.4 Å². The van der Waals surface area contributed by atoms with Gasteiger partial charge in [-0.15, -0.1) is 16.8 Å². The van der Waals surface area contributed by atoms with Crippen molar-refractivity contribution in [2.45, 2.75) is 17.9 Å². The fourth-order valence-corrected chi connectivity index (χ4v) is 3.49. The number of aromatic nitrogens is 4. The SMILES string of the molecule is C=CCn1c(SCC(=O)Nc2ccc(Cl)cc2C(F)(F)F)nnc1-c1cccnc1. The molecule has 0 radical (unpaired) electrons. The van der Waals surface area contributed by atoms with E-state index in [1.165, 1.54) is 6.07 Å². The van der Waals surface area contributed by atoms with Crippen LogP contribution in [0, 0.1) is 0 Å². The van der Waals surface area contributed by atoms with Crippen molar-refractivity contribution in [3.05, 3.63) is 66.0 Å². The number of benzene rings is 1. The number of rotatable bonds is 7. The molecule has 0 bridgehead atoms. The number of alkyl halides is 3. The molecule has 0 spiro atoms. The van der Waals surface area contributed by atoms with E-state index in [-0.39, 0.29) is 16.5 Å². The molecule has 3 aromatic rings. The number of thioether (sulfide) groups is 1. The Morgan fingerprint density at radius 3 is 2.77 bits per heavy atom. The molecule has 0 saturated carbocycles. The number of carbonyl (C=O) groups is 1. The summed E-state index contributed by atoms with van der Waals surface area (Å²) in [5, 5.41) is 10.8. The van der Waals surface area contributed by atoms with Gasteiger partial charge in [-0.05, 0) is 30.3 Å². The van der Waals surface area contributed by atoms with Gasteiger partial charge in [0.1, 0.15) is 0 Å². The number of hydrogen-bond donors (Lipinski definition) is 1. The zero-order valence-corrected chi connectivity index (χ0v) is 16.9. The first-order valence-electron chi connectivity index (χ1n) is 8.53. The number of pyridine rings is 1. The molecule has 0 saturated heterocycles. The standard InChI is InChI=1S/C19H15ClF3N5OS/c1-2-8-28-17(12-4-3-7-24-10-12)26-27-18(28)30-11-16(29)25-15-6-5-13(20)9-14(15)19(21,22)23/h2-7,9-10H,1,8,11H2,(H,25,29). The molecule has 0 fully saturated rings. The van der Waals surface area contributed by atoms with Crippen LogP contribution in [0.5, 0.6) is 0 Å². The fourth-order valence-electron chi connectivity index (χ4n) is 2.57. The molecule has 2 aromatic heterocycles. The van der Waals surface area contributed by atoms with Crippen molar-refractivity contribution in [1.82, 2.24) is 19.7 Å². The van der Waals surface area contributed by atoms with Crippen molar-refractivity contribution < 1.29 is 18.0 Å². The predicted octanol–water partition coefficient (Wildman–Crippen LogP) is 4.93. The van der Waals surface area contributed by atoms with Crippen molar-refractivity contribution in [2.75, 3.05) is 11.1 Å². The van der Waals surface area contributed by atoms with Crippen LogP contribution in [0.25, 0.3) is 11.4 Å². The minimum Gasteiger partial charge on any atom is -0.325 e. The van der Waals surface area contributed by atoms with Crippen molar-refractivity contribution in [3.8, 4) is 11.4 Å². The van der Waals surface area contributed by atoms with E-state index in [9.17, 15) is 18.0 Å². The second-order valence-electron chi connectivity index (χ2n) is 5.97. The number of halogens is 4. The Kier molecular flexibility index (Phi) is 6.78. The number of amides is 1. The Morgan fingerprint density at radius 2 is 2.10 bits per heavy atom. The van der Waals surface area contributed by atoms with E-state index in [1.54, 1.807) is 29.1 Å². The molecule has 0 unspecified atom stereocenters. The first-order chi connectivity index (χ1) is 14.3. The highest BCUT2D eigenvalue weighted by molar-refractivity contribution is 7.99. The van der Waals surface area contributed by atoms with E-state index in [2.05, 4.69) is 27.1 Å². The van der Waals surface area contributed by atoms with Gasteiger partial charge in [0.25, 0.3) is 0 Å². The first-order valence-corrected chi connectivity index (χ1v) is 9.90. The van der Waals surface area contributed by atoms with Gasteiger partial charge in [0, 0.05) is 29.5 Å². The molecule has 0 aliphatic heterocycles. The molecule has 1 amide bonds. The maximum absolute atomic E-state index is 13.2. The molecule has 6 nitrogen and oxygen atoms in total. The van der Waals surface area contributed by atoms with Gasteiger partial charge in [0.05, 0.1) is 17.0 Å². The molecule has 1 N–H and O–H groups in total. The molecule has 1 aromatic carbocycles. The lowest BCUT2D eigenvalue weighted by atomic mass is 10.1. The van der Waals surface area contributed by atoms with Crippen molar-refractivity contribution in [3.63, 3.8) is 0 Å². The molecular formula is C19H15ClF3N5OS. The normalized spacial score (nSPS) is 11.3. The second kappa shape index (κ2) is 9.31. The van der Waals surface area contributed by atoms with Crippen LogP contribution in [0.4, 0.5) is 18.9 Å². The summed E-state index contributed by atoms with van der Waals surface area (Å²) in [6.07, 6.45) is 0.258. The Morgan fingerprint density at radius 1 is 1.30 bits per heavy atom. The van der Waals surface area contributed by atoms with Gasteiger partial charge in [-0.2, -0.15) is 13.2 Å². The van der Waals surface area contributed by atoms with Crippen LogP contribution in [0.1, 0.15) is 5.56 Å². The molecule has 156 valence electrons. The highest BCUT2D eigenvalue weighted by Gasteiger charge is 2.34. The quantitative estimate of drug-likeness (QED) is 0.405. The number of allylic oxidation sites excluding steroid dienone is 1. The summed E-state index contributed by atoms with van der Waals surface area (Å²) in [4.78, 5) is 16.3. The number of hydrogen-bond acceptors (Lipinski definition) is 5. The van der Waals surface area contributed by atoms with Crippen LogP contribution >= 0.6 is 23.4 Å². The molecule has 11 heteroatoms. The summed E-state index contributed by atoms with van der Waals surface area (Å²) in [5.41, 5.74) is -0.637. The molecule has 0 aliphatic rings. The molecule has 30 heavy (non-hydrogen) atoms. The number of nitrogens with zero attached hydrogens (tertiary/aromatic N) is 4. The summed E-state index contributed by atoms with van der Waals surface area (Å²) in [7, 11) is 0. The molecule has 0 aliphatic carbocycles. The summed E-state index contributed by atoms with van der Waals surface area (Å²) in [6, 6.07) is 6.74. The van der Waals surface area contributed by atoms with Crippen molar-refractivity contribution in [2.24, 2.45) is 0 Å². The Bertz CT molecular complexity index is 1060. The summed E-state index contributed by atoms with van der Waals surface area (Å²) in [5.74, 6) is -0.241. The van der Waals surface area contributed by atoms with Crippen molar-refractivity contribution in [1.29, 1.82) is 0 Å². The van der Waals surface area contributed by atoms with Gasteiger partial charge in [-0.3, -0.25) is 14.3 Å². The Hall–Kier alpha value is -2.85.